The standard InChI is InChI=1S/C17H38N2O3/c1-4-6-7-8-9-10-11-12-13-14-15-18(20)17(5-2)16(3)19(21)22/h16-17,20-22H,4-15H2,1-3H3. The molecule has 0 heterocycles. The topological polar surface area (TPSA) is 67.2 Å². The largest absolute Gasteiger partial charge is 0.314 e. The Morgan fingerprint density at radius 3 is 1.59 bits per heavy atom. The molecule has 0 saturated heterocycles. The fourth-order valence-corrected chi connectivity index (χ4v) is 2.88. The van der Waals surface area contributed by atoms with E-state index < -0.39 is 6.04 Å². The van der Waals surface area contributed by atoms with Crippen molar-refractivity contribution in [3.63, 3.8) is 0 Å². The molecule has 0 rings (SSSR count). The van der Waals surface area contributed by atoms with Gasteiger partial charge in [-0.3, -0.25) is 10.4 Å². The number of unbranched alkanes of at least 4 members (excludes halogenated alkanes) is 9. The van der Waals surface area contributed by atoms with Crippen molar-refractivity contribution in [3.8, 4) is 0 Å². The van der Waals surface area contributed by atoms with Crippen molar-refractivity contribution in [2.24, 2.45) is 0 Å². The number of hydrogen-bond donors (Lipinski definition) is 3. The quantitative estimate of drug-likeness (QED) is 0.297. The maximum Gasteiger partial charge on any atom is 0.0773 e. The van der Waals surface area contributed by atoms with E-state index in [4.69, 9.17) is 10.4 Å². The first-order valence-corrected chi connectivity index (χ1v) is 9.17. The zero-order valence-corrected chi connectivity index (χ0v) is 14.9. The van der Waals surface area contributed by atoms with Crippen molar-refractivity contribution in [2.75, 3.05) is 6.54 Å². The Labute approximate surface area is 136 Å². The zero-order valence-electron chi connectivity index (χ0n) is 14.9. The average Bonchev–Trinajstić information content (AvgIpc) is 2.49. The Balaban J connectivity index is 3.57. The van der Waals surface area contributed by atoms with E-state index in [9.17, 15) is 5.21 Å². The highest BCUT2D eigenvalue weighted by atomic mass is 16.8. The van der Waals surface area contributed by atoms with Crippen LogP contribution in [0.25, 0.3) is 0 Å². The molecular weight excluding hydrogens is 280 g/mol. The van der Waals surface area contributed by atoms with Gasteiger partial charge in [-0.2, -0.15) is 5.06 Å². The summed E-state index contributed by atoms with van der Waals surface area (Å²) in [7, 11) is 0. The molecule has 0 aliphatic heterocycles. The predicted molar refractivity (Wildman–Crippen MR) is 89.3 cm³/mol. The third-order valence-electron chi connectivity index (χ3n) is 4.46. The highest BCUT2D eigenvalue weighted by molar-refractivity contribution is 4.73. The Bertz CT molecular complexity index is 240. The lowest BCUT2D eigenvalue weighted by Gasteiger charge is -2.31. The van der Waals surface area contributed by atoms with Crippen LogP contribution in [-0.2, 0) is 0 Å². The summed E-state index contributed by atoms with van der Waals surface area (Å²) in [6.45, 7) is 6.46. The van der Waals surface area contributed by atoms with E-state index in [1.54, 1.807) is 6.92 Å². The third kappa shape index (κ3) is 10.5. The summed E-state index contributed by atoms with van der Waals surface area (Å²) in [4.78, 5) is 0. The van der Waals surface area contributed by atoms with Crippen molar-refractivity contribution >= 4 is 0 Å². The molecule has 0 fully saturated rings. The van der Waals surface area contributed by atoms with E-state index in [2.05, 4.69) is 6.92 Å². The maximum atomic E-state index is 10.0. The van der Waals surface area contributed by atoms with Gasteiger partial charge in [-0.1, -0.05) is 76.9 Å². The highest BCUT2D eigenvalue weighted by Crippen LogP contribution is 2.13. The molecule has 2 unspecified atom stereocenters. The smallest absolute Gasteiger partial charge is 0.0773 e. The first kappa shape index (κ1) is 21.8. The molecular formula is C17H38N2O3. The second-order valence-electron chi connectivity index (χ2n) is 6.38. The van der Waals surface area contributed by atoms with E-state index >= 15 is 0 Å². The Morgan fingerprint density at radius 2 is 1.18 bits per heavy atom. The molecule has 3 N–H and O–H groups in total. The summed E-state index contributed by atoms with van der Waals surface area (Å²) < 4.78 is 0. The van der Waals surface area contributed by atoms with Gasteiger partial charge in [0.05, 0.1) is 12.1 Å². The summed E-state index contributed by atoms with van der Waals surface area (Å²) in [6, 6.07) is -0.758. The van der Waals surface area contributed by atoms with Crippen LogP contribution in [0.4, 0.5) is 0 Å². The summed E-state index contributed by atoms with van der Waals surface area (Å²) in [5.74, 6) is 0. The lowest BCUT2D eigenvalue weighted by Crippen LogP contribution is -2.47. The van der Waals surface area contributed by atoms with Gasteiger partial charge < -0.3 is 5.21 Å². The summed E-state index contributed by atoms with van der Waals surface area (Å²) in [6.07, 6.45) is 13.3. The van der Waals surface area contributed by atoms with Crippen molar-refractivity contribution in [1.29, 1.82) is 0 Å². The lowest BCUT2D eigenvalue weighted by atomic mass is 10.1. The molecule has 0 aromatic rings. The average molecular weight is 319 g/mol. The van der Waals surface area contributed by atoms with Gasteiger partial charge in [0.2, 0.25) is 0 Å². The summed E-state index contributed by atoms with van der Waals surface area (Å²) in [5, 5.41) is 29.6. The molecule has 0 radical (unpaired) electrons. The molecule has 0 amide bonds. The van der Waals surface area contributed by atoms with E-state index in [-0.39, 0.29) is 11.3 Å². The fourth-order valence-electron chi connectivity index (χ4n) is 2.88. The van der Waals surface area contributed by atoms with Crippen LogP contribution in [0.15, 0.2) is 0 Å². The molecule has 0 aromatic heterocycles. The lowest BCUT2D eigenvalue weighted by molar-refractivity contribution is -0.344. The van der Waals surface area contributed by atoms with Crippen molar-refractivity contribution in [3.05, 3.63) is 0 Å². The second kappa shape index (κ2) is 14.4. The molecule has 22 heavy (non-hydrogen) atoms. The predicted octanol–water partition coefficient (Wildman–Crippen LogP) is 4.85. The highest BCUT2D eigenvalue weighted by Gasteiger charge is 2.25. The van der Waals surface area contributed by atoms with Crippen LogP contribution in [-0.4, -0.2) is 44.5 Å². The van der Waals surface area contributed by atoms with E-state index in [1.165, 1.54) is 56.4 Å². The van der Waals surface area contributed by atoms with Crippen LogP contribution in [0.3, 0.4) is 0 Å². The van der Waals surface area contributed by atoms with Gasteiger partial charge in [0, 0.05) is 6.54 Å². The van der Waals surface area contributed by atoms with E-state index in [1.807, 2.05) is 6.92 Å². The minimum Gasteiger partial charge on any atom is -0.314 e. The molecule has 0 aliphatic carbocycles. The Kier molecular flexibility index (Phi) is 14.3. The molecule has 134 valence electrons. The van der Waals surface area contributed by atoms with Crippen LogP contribution >= 0.6 is 0 Å². The molecule has 2 atom stereocenters. The molecule has 0 aliphatic rings. The van der Waals surface area contributed by atoms with Gasteiger partial charge in [-0.15, -0.1) is 0 Å². The van der Waals surface area contributed by atoms with Crippen LogP contribution in [0, 0.1) is 0 Å². The molecule has 0 spiro atoms. The second-order valence-corrected chi connectivity index (χ2v) is 6.38. The van der Waals surface area contributed by atoms with Gasteiger partial charge in [0.25, 0.3) is 0 Å². The third-order valence-corrected chi connectivity index (χ3v) is 4.46. The van der Waals surface area contributed by atoms with Gasteiger partial charge in [-0.25, -0.2) is 0 Å². The van der Waals surface area contributed by atoms with Gasteiger partial charge in [0.1, 0.15) is 0 Å². The number of rotatable bonds is 15. The van der Waals surface area contributed by atoms with Crippen LogP contribution in [0.5, 0.6) is 0 Å². The minimum atomic E-state index is -0.502. The SMILES string of the molecule is CCCCCCCCCCCCN(O)C(CC)C(C)N(O)O. The van der Waals surface area contributed by atoms with Crippen molar-refractivity contribution < 1.29 is 15.6 Å². The molecule has 5 nitrogen and oxygen atoms in total. The van der Waals surface area contributed by atoms with Crippen LogP contribution < -0.4 is 0 Å². The molecule has 0 saturated carbocycles. The maximum absolute atomic E-state index is 10.0. The molecule has 0 aromatic carbocycles. The zero-order chi connectivity index (χ0) is 16.8. The number of hydrogen-bond acceptors (Lipinski definition) is 5. The van der Waals surface area contributed by atoms with Crippen molar-refractivity contribution in [2.45, 2.75) is 103 Å². The van der Waals surface area contributed by atoms with E-state index in [0.29, 0.717) is 13.0 Å². The fraction of sp³-hybridized carbons (Fsp3) is 1.00. The summed E-state index contributed by atoms with van der Waals surface area (Å²) >= 11 is 0. The van der Waals surface area contributed by atoms with Gasteiger partial charge >= 0.3 is 0 Å². The summed E-state index contributed by atoms with van der Waals surface area (Å²) in [5.41, 5.74) is 0. The first-order chi connectivity index (χ1) is 10.5. The van der Waals surface area contributed by atoms with Crippen LogP contribution in [0.1, 0.15) is 91.4 Å². The Hall–Kier alpha value is -0.200. The Morgan fingerprint density at radius 1 is 0.727 bits per heavy atom. The monoisotopic (exact) mass is 318 g/mol. The van der Waals surface area contributed by atoms with Gasteiger partial charge in [0.15, 0.2) is 0 Å². The minimum absolute atomic E-state index is 0.190. The molecule has 0 bridgehead atoms. The normalized spacial score (nSPS) is 14.7. The number of nitrogens with zero attached hydrogens (tertiary/aromatic N) is 2. The van der Waals surface area contributed by atoms with Crippen LogP contribution in [0.2, 0.25) is 0 Å². The first-order valence-electron chi connectivity index (χ1n) is 9.17. The van der Waals surface area contributed by atoms with Gasteiger partial charge in [-0.05, 0) is 19.8 Å². The van der Waals surface area contributed by atoms with E-state index in [0.717, 1.165) is 12.8 Å². The van der Waals surface area contributed by atoms with Crippen molar-refractivity contribution in [1.82, 2.24) is 10.3 Å². The number of hydroxylamine groups is 4. The molecule has 5 heteroatoms.